The van der Waals surface area contributed by atoms with Gasteiger partial charge in [-0.3, -0.25) is 4.79 Å². The molecule has 0 radical (unpaired) electrons. The zero-order valence-electron chi connectivity index (χ0n) is 11.0. The summed E-state index contributed by atoms with van der Waals surface area (Å²) in [5, 5.41) is 3.97. The number of nitrogens with two attached hydrogens (primary N) is 1. The minimum absolute atomic E-state index is 0.0535. The Morgan fingerprint density at radius 3 is 2.35 bits per heavy atom. The number of thiazole rings is 1. The van der Waals surface area contributed by atoms with Crippen molar-refractivity contribution in [2.45, 2.75) is 46.1 Å². The van der Waals surface area contributed by atoms with E-state index in [2.05, 4.69) is 10.3 Å². The van der Waals surface area contributed by atoms with Gasteiger partial charge >= 0.3 is 0 Å². The van der Waals surface area contributed by atoms with Crippen LogP contribution in [0.25, 0.3) is 0 Å². The molecule has 0 saturated carbocycles. The van der Waals surface area contributed by atoms with E-state index in [1.165, 1.54) is 11.3 Å². The van der Waals surface area contributed by atoms with Crippen molar-refractivity contribution in [2.75, 3.05) is 6.54 Å². The number of hydrogen-bond donors (Lipinski definition) is 2. The standard InChI is InChI=1S/C12H21N3OS/c1-5-12(6-2,7-13)15-11(16)10-8(3)14-9(4)17-10/h5-7,13H2,1-4H3,(H,15,16). The first-order valence-electron chi connectivity index (χ1n) is 5.94. The predicted molar refractivity (Wildman–Crippen MR) is 71.4 cm³/mol. The highest BCUT2D eigenvalue weighted by Gasteiger charge is 2.28. The normalized spacial score (nSPS) is 11.6. The van der Waals surface area contributed by atoms with E-state index in [0.29, 0.717) is 11.4 Å². The van der Waals surface area contributed by atoms with Crippen molar-refractivity contribution in [3.63, 3.8) is 0 Å². The number of carbonyl (C=O) groups excluding carboxylic acids is 1. The highest BCUT2D eigenvalue weighted by Crippen LogP contribution is 2.20. The number of carbonyl (C=O) groups is 1. The number of rotatable bonds is 5. The Hall–Kier alpha value is -0.940. The molecule has 96 valence electrons. The third kappa shape index (κ3) is 3.04. The minimum Gasteiger partial charge on any atom is -0.345 e. The Labute approximate surface area is 107 Å². The number of hydrogen-bond acceptors (Lipinski definition) is 4. The molecule has 3 N–H and O–H groups in total. The molecule has 1 aromatic heterocycles. The van der Waals surface area contributed by atoms with Crippen LogP contribution < -0.4 is 11.1 Å². The molecule has 4 nitrogen and oxygen atoms in total. The smallest absolute Gasteiger partial charge is 0.263 e. The summed E-state index contributed by atoms with van der Waals surface area (Å²) < 4.78 is 0. The number of aryl methyl sites for hydroxylation is 2. The second-order valence-corrected chi connectivity index (χ2v) is 5.50. The van der Waals surface area contributed by atoms with Crippen molar-refractivity contribution < 1.29 is 4.79 Å². The van der Waals surface area contributed by atoms with Gasteiger partial charge in [-0.15, -0.1) is 11.3 Å². The summed E-state index contributed by atoms with van der Waals surface area (Å²) in [6.45, 7) is 8.32. The van der Waals surface area contributed by atoms with Gasteiger partial charge in [0.25, 0.3) is 5.91 Å². The molecule has 1 aromatic rings. The predicted octanol–water partition coefficient (Wildman–Crippen LogP) is 2.01. The molecule has 1 rings (SSSR count). The lowest BCUT2D eigenvalue weighted by Crippen LogP contribution is -2.52. The molecular formula is C12H21N3OS. The molecule has 1 amide bonds. The van der Waals surface area contributed by atoms with Crippen LogP contribution in [0.5, 0.6) is 0 Å². The number of nitrogens with zero attached hydrogens (tertiary/aromatic N) is 1. The van der Waals surface area contributed by atoms with Crippen molar-refractivity contribution in [2.24, 2.45) is 5.73 Å². The summed E-state index contributed by atoms with van der Waals surface area (Å²) in [5.74, 6) is -0.0535. The van der Waals surface area contributed by atoms with Crippen LogP contribution in [0.2, 0.25) is 0 Å². The average Bonchev–Trinajstić information content (AvgIpc) is 2.65. The fourth-order valence-corrected chi connectivity index (χ4v) is 2.62. The lowest BCUT2D eigenvalue weighted by Gasteiger charge is -2.31. The summed E-state index contributed by atoms with van der Waals surface area (Å²) >= 11 is 1.43. The summed E-state index contributed by atoms with van der Waals surface area (Å²) in [5.41, 5.74) is 6.28. The van der Waals surface area contributed by atoms with Crippen LogP contribution in [0.4, 0.5) is 0 Å². The molecule has 0 fully saturated rings. The van der Waals surface area contributed by atoms with E-state index in [9.17, 15) is 4.79 Å². The first-order valence-corrected chi connectivity index (χ1v) is 6.76. The summed E-state index contributed by atoms with van der Waals surface area (Å²) in [7, 11) is 0. The van der Waals surface area contributed by atoms with E-state index in [1.807, 2.05) is 27.7 Å². The quantitative estimate of drug-likeness (QED) is 0.845. The van der Waals surface area contributed by atoms with E-state index >= 15 is 0 Å². The van der Waals surface area contributed by atoms with Crippen LogP contribution in [0.3, 0.4) is 0 Å². The molecule has 5 heteroatoms. The molecule has 1 heterocycles. The maximum atomic E-state index is 12.2. The Balaban J connectivity index is 2.88. The minimum atomic E-state index is -0.290. The Morgan fingerprint density at radius 1 is 1.41 bits per heavy atom. The molecule has 0 saturated heterocycles. The maximum absolute atomic E-state index is 12.2. The fraction of sp³-hybridized carbons (Fsp3) is 0.667. The van der Waals surface area contributed by atoms with Crippen LogP contribution in [0, 0.1) is 13.8 Å². The van der Waals surface area contributed by atoms with Crippen LogP contribution in [0.1, 0.15) is 47.1 Å². The second-order valence-electron chi connectivity index (χ2n) is 4.29. The van der Waals surface area contributed by atoms with Crippen LogP contribution in [0.15, 0.2) is 0 Å². The van der Waals surface area contributed by atoms with E-state index < -0.39 is 0 Å². The van der Waals surface area contributed by atoms with Gasteiger partial charge in [-0.25, -0.2) is 4.98 Å². The van der Waals surface area contributed by atoms with E-state index in [1.54, 1.807) is 0 Å². The lowest BCUT2D eigenvalue weighted by atomic mass is 9.93. The van der Waals surface area contributed by atoms with Gasteiger partial charge in [0, 0.05) is 6.54 Å². The van der Waals surface area contributed by atoms with Crippen molar-refractivity contribution in [1.82, 2.24) is 10.3 Å². The first kappa shape index (κ1) is 14.1. The zero-order valence-corrected chi connectivity index (χ0v) is 11.8. The Bertz CT molecular complexity index is 388. The lowest BCUT2D eigenvalue weighted by molar-refractivity contribution is 0.0898. The molecule has 0 unspecified atom stereocenters. The molecule has 0 spiro atoms. The molecule has 0 aliphatic heterocycles. The molecule has 0 aliphatic carbocycles. The van der Waals surface area contributed by atoms with E-state index in [-0.39, 0.29) is 11.4 Å². The van der Waals surface area contributed by atoms with Gasteiger partial charge in [0.1, 0.15) is 4.88 Å². The zero-order chi connectivity index (χ0) is 13.1. The average molecular weight is 255 g/mol. The Morgan fingerprint density at radius 2 is 2.00 bits per heavy atom. The van der Waals surface area contributed by atoms with Gasteiger partial charge < -0.3 is 11.1 Å². The molecule has 0 aliphatic rings. The monoisotopic (exact) mass is 255 g/mol. The van der Waals surface area contributed by atoms with Gasteiger partial charge in [0.05, 0.1) is 16.2 Å². The van der Waals surface area contributed by atoms with Crippen molar-refractivity contribution >= 4 is 17.2 Å². The maximum Gasteiger partial charge on any atom is 0.263 e. The molecular weight excluding hydrogens is 234 g/mol. The topological polar surface area (TPSA) is 68.0 Å². The van der Waals surface area contributed by atoms with Crippen molar-refractivity contribution in [3.05, 3.63) is 15.6 Å². The number of amides is 1. The van der Waals surface area contributed by atoms with Gasteiger partial charge in [0.2, 0.25) is 0 Å². The van der Waals surface area contributed by atoms with Crippen molar-refractivity contribution in [3.8, 4) is 0 Å². The third-order valence-corrected chi connectivity index (χ3v) is 4.30. The molecule has 0 bridgehead atoms. The fourth-order valence-electron chi connectivity index (χ4n) is 1.81. The second kappa shape index (κ2) is 5.60. The summed E-state index contributed by atoms with van der Waals surface area (Å²) in [4.78, 5) is 17.1. The highest BCUT2D eigenvalue weighted by atomic mass is 32.1. The summed E-state index contributed by atoms with van der Waals surface area (Å²) in [6, 6.07) is 0. The summed E-state index contributed by atoms with van der Waals surface area (Å²) in [6.07, 6.45) is 1.67. The molecule has 0 atom stereocenters. The van der Waals surface area contributed by atoms with E-state index in [4.69, 9.17) is 5.73 Å². The van der Waals surface area contributed by atoms with Gasteiger partial charge in [-0.1, -0.05) is 13.8 Å². The molecule has 17 heavy (non-hydrogen) atoms. The van der Waals surface area contributed by atoms with Gasteiger partial charge in [-0.2, -0.15) is 0 Å². The van der Waals surface area contributed by atoms with Crippen LogP contribution in [-0.4, -0.2) is 23.0 Å². The van der Waals surface area contributed by atoms with Crippen LogP contribution >= 0.6 is 11.3 Å². The van der Waals surface area contributed by atoms with Gasteiger partial charge in [0.15, 0.2) is 0 Å². The van der Waals surface area contributed by atoms with Crippen molar-refractivity contribution in [1.29, 1.82) is 0 Å². The highest BCUT2D eigenvalue weighted by molar-refractivity contribution is 7.13. The third-order valence-electron chi connectivity index (χ3n) is 3.23. The molecule has 0 aromatic carbocycles. The number of nitrogens with one attached hydrogen (secondary N) is 1. The first-order chi connectivity index (χ1) is 7.98. The SMILES string of the molecule is CCC(CC)(CN)NC(=O)c1sc(C)nc1C. The Kier molecular flexibility index (Phi) is 4.65. The number of aromatic nitrogens is 1. The van der Waals surface area contributed by atoms with E-state index in [0.717, 1.165) is 23.5 Å². The van der Waals surface area contributed by atoms with Gasteiger partial charge in [-0.05, 0) is 26.7 Å². The van der Waals surface area contributed by atoms with Crippen LogP contribution in [-0.2, 0) is 0 Å². The largest absolute Gasteiger partial charge is 0.345 e.